The predicted molar refractivity (Wildman–Crippen MR) is 133 cm³/mol. The highest BCUT2D eigenvalue weighted by atomic mass is 19.1. The van der Waals surface area contributed by atoms with E-state index in [-0.39, 0.29) is 16.8 Å². The number of pyridine rings is 1. The van der Waals surface area contributed by atoms with Crippen LogP contribution in [0.25, 0.3) is 39.1 Å². The van der Waals surface area contributed by atoms with E-state index in [4.69, 9.17) is 14.1 Å². The molecule has 2 aromatic carbocycles. The summed E-state index contributed by atoms with van der Waals surface area (Å²) >= 11 is 0. The summed E-state index contributed by atoms with van der Waals surface area (Å²) in [6.45, 7) is 6.93. The lowest BCUT2D eigenvalue weighted by atomic mass is 10.1. The number of oxazole rings is 1. The van der Waals surface area contributed by atoms with Gasteiger partial charge in [-0.1, -0.05) is 13.8 Å². The van der Waals surface area contributed by atoms with Crippen molar-refractivity contribution >= 4 is 27.6 Å². The number of benzene rings is 2. The minimum Gasteiger partial charge on any atom is -0.444 e. The summed E-state index contributed by atoms with van der Waals surface area (Å²) in [6, 6.07) is 8.03. The van der Waals surface area contributed by atoms with Crippen LogP contribution in [0.3, 0.4) is 0 Å². The van der Waals surface area contributed by atoms with Crippen molar-refractivity contribution < 1.29 is 17.9 Å². The monoisotopic (exact) mass is 489 g/mol. The van der Waals surface area contributed by atoms with Gasteiger partial charge in [0.15, 0.2) is 0 Å². The quantitative estimate of drug-likeness (QED) is 0.323. The fourth-order valence-corrected chi connectivity index (χ4v) is 4.87. The number of anilines is 1. The number of hydrogen-bond acceptors (Lipinski definition) is 6. The summed E-state index contributed by atoms with van der Waals surface area (Å²) in [5.41, 5.74) is 3.63. The Kier molecular flexibility index (Phi) is 5.64. The molecule has 1 saturated heterocycles. The molecule has 36 heavy (non-hydrogen) atoms. The Labute approximate surface area is 206 Å². The minimum absolute atomic E-state index is 0.0119. The first-order valence-corrected chi connectivity index (χ1v) is 12.0. The summed E-state index contributed by atoms with van der Waals surface area (Å²) in [7, 11) is 0. The number of nitrogens with zero attached hydrogens (tertiary/aromatic N) is 5. The Bertz CT molecular complexity index is 1560. The summed E-state index contributed by atoms with van der Waals surface area (Å²) in [6.07, 6.45) is 5.27. The third kappa shape index (κ3) is 3.80. The van der Waals surface area contributed by atoms with E-state index in [1.807, 2.05) is 16.7 Å². The molecule has 0 N–H and O–H groups in total. The zero-order valence-corrected chi connectivity index (χ0v) is 20.0. The molecule has 1 fully saturated rings. The molecular weight excluding hydrogens is 464 g/mol. The van der Waals surface area contributed by atoms with E-state index in [0.717, 1.165) is 47.8 Å². The molecule has 0 spiro atoms. The number of imidazole rings is 1. The van der Waals surface area contributed by atoms with Crippen LogP contribution in [0.2, 0.25) is 0 Å². The smallest absolute Gasteiger partial charge is 0.228 e. The van der Waals surface area contributed by atoms with Crippen molar-refractivity contribution in [2.45, 2.75) is 20.3 Å². The van der Waals surface area contributed by atoms with Crippen molar-refractivity contribution in [1.29, 1.82) is 0 Å². The molecule has 0 atom stereocenters. The zero-order valence-electron chi connectivity index (χ0n) is 20.0. The Hall–Kier alpha value is -3.85. The second-order valence-corrected chi connectivity index (χ2v) is 9.34. The second-order valence-electron chi connectivity index (χ2n) is 9.34. The van der Waals surface area contributed by atoms with Gasteiger partial charge in [-0.3, -0.25) is 9.55 Å². The van der Waals surface area contributed by atoms with E-state index in [2.05, 4.69) is 28.7 Å². The van der Waals surface area contributed by atoms with Gasteiger partial charge in [0.05, 0.1) is 41.6 Å². The highest BCUT2D eigenvalue weighted by Gasteiger charge is 2.24. The number of aromatic nitrogens is 4. The number of ether oxygens (including phenoxy) is 1. The molecule has 4 heterocycles. The summed E-state index contributed by atoms with van der Waals surface area (Å²) in [4.78, 5) is 15.8. The number of fused-ring (bicyclic) bond motifs is 2. The maximum absolute atomic E-state index is 15.2. The van der Waals surface area contributed by atoms with Crippen molar-refractivity contribution in [2.24, 2.45) is 5.92 Å². The van der Waals surface area contributed by atoms with Crippen molar-refractivity contribution in [3.05, 3.63) is 66.4 Å². The largest absolute Gasteiger partial charge is 0.444 e. The van der Waals surface area contributed by atoms with Gasteiger partial charge in [0.25, 0.3) is 0 Å². The van der Waals surface area contributed by atoms with Crippen LogP contribution in [0.4, 0.5) is 14.5 Å². The van der Waals surface area contributed by atoms with E-state index in [9.17, 15) is 4.39 Å². The van der Waals surface area contributed by atoms with E-state index in [0.29, 0.717) is 36.7 Å². The molecule has 0 unspecified atom stereocenters. The van der Waals surface area contributed by atoms with Crippen LogP contribution < -0.4 is 4.90 Å². The molecule has 0 radical (unpaired) electrons. The highest BCUT2D eigenvalue weighted by molar-refractivity contribution is 5.97. The first-order valence-electron chi connectivity index (χ1n) is 12.0. The Morgan fingerprint density at radius 3 is 2.53 bits per heavy atom. The number of halogens is 2. The minimum atomic E-state index is -0.572. The maximum Gasteiger partial charge on any atom is 0.228 e. The molecule has 5 aromatic rings. The zero-order chi connectivity index (χ0) is 24.8. The van der Waals surface area contributed by atoms with Crippen LogP contribution in [0.1, 0.15) is 19.7 Å². The standard InChI is InChI=1S/C27H25F2N5O2/c1-16(2)13-23-32-25-18(27-31-7-10-36-27)14-17(33-8-11-35-12-9-33)15-22(25)34(23)21-5-6-30-26-20(29)4-3-19(28)24(21)26/h3-7,10,14-16H,8-9,11-13H2,1-2H3. The summed E-state index contributed by atoms with van der Waals surface area (Å²) < 4.78 is 43.0. The van der Waals surface area contributed by atoms with Gasteiger partial charge in [-0.2, -0.15) is 0 Å². The number of rotatable bonds is 5. The van der Waals surface area contributed by atoms with Gasteiger partial charge >= 0.3 is 0 Å². The maximum atomic E-state index is 15.2. The molecule has 1 aliphatic heterocycles. The van der Waals surface area contributed by atoms with Gasteiger partial charge < -0.3 is 14.1 Å². The lowest BCUT2D eigenvalue weighted by Crippen LogP contribution is -2.36. The van der Waals surface area contributed by atoms with Gasteiger partial charge in [0.2, 0.25) is 5.89 Å². The number of morpholine rings is 1. The first-order chi connectivity index (χ1) is 17.5. The van der Waals surface area contributed by atoms with E-state index >= 15 is 4.39 Å². The molecular formula is C27H25F2N5O2. The van der Waals surface area contributed by atoms with Crippen LogP contribution >= 0.6 is 0 Å². The average Bonchev–Trinajstić information content (AvgIpc) is 3.54. The Morgan fingerprint density at radius 2 is 1.78 bits per heavy atom. The number of hydrogen-bond donors (Lipinski definition) is 0. The van der Waals surface area contributed by atoms with Crippen LogP contribution in [0.5, 0.6) is 0 Å². The molecule has 6 rings (SSSR count). The van der Waals surface area contributed by atoms with Gasteiger partial charge in [-0.05, 0) is 36.2 Å². The molecule has 0 bridgehead atoms. The molecule has 0 amide bonds. The van der Waals surface area contributed by atoms with E-state index in [1.165, 1.54) is 12.5 Å². The van der Waals surface area contributed by atoms with Crippen molar-refractivity contribution in [3.63, 3.8) is 0 Å². The van der Waals surface area contributed by atoms with Crippen LogP contribution in [0.15, 0.2) is 53.4 Å². The van der Waals surface area contributed by atoms with Crippen molar-refractivity contribution in [3.8, 4) is 17.1 Å². The third-order valence-corrected chi connectivity index (χ3v) is 6.46. The Morgan fingerprint density at radius 1 is 0.972 bits per heavy atom. The van der Waals surface area contributed by atoms with Crippen LogP contribution in [-0.4, -0.2) is 45.8 Å². The SMILES string of the molecule is CC(C)Cc1nc2c(-c3ncco3)cc(N3CCOCC3)cc2n1-c1ccnc2c(F)ccc(F)c12. The second kappa shape index (κ2) is 8.98. The molecule has 3 aromatic heterocycles. The molecule has 7 nitrogen and oxygen atoms in total. The fraction of sp³-hybridized carbons (Fsp3) is 0.296. The summed E-state index contributed by atoms with van der Waals surface area (Å²) in [5, 5.41) is 0.122. The predicted octanol–water partition coefficient (Wildman–Crippen LogP) is 5.54. The van der Waals surface area contributed by atoms with Gasteiger partial charge in [0, 0.05) is 31.4 Å². The molecule has 1 aliphatic rings. The molecule has 184 valence electrons. The normalized spacial score (nSPS) is 14.4. The third-order valence-electron chi connectivity index (χ3n) is 6.46. The lowest BCUT2D eigenvalue weighted by molar-refractivity contribution is 0.122. The highest BCUT2D eigenvalue weighted by Crippen LogP contribution is 2.37. The molecule has 9 heteroatoms. The molecule has 0 saturated carbocycles. The topological polar surface area (TPSA) is 69.2 Å². The van der Waals surface area contributed by atoms with Gasteiger partial charge in [-0.25, -0.2) is 18.7 Å². The van der Waals surface area contributed by atoms with Crippen molar-refractivity contribution in [1.82, 2.24) is 19.5 Å². The van der Waals surface area contributed by atoms with Crippen LogP contribution in [-0.2, 0) is 11.2 Å². The lowest BCUT2D eigenvalue weighted by Gasteiger charge is -2.29. The molecule has 0 aliphatic carbocycles. The van der Waals surface area contributed by atoms with Crippen molar-refractivity contribution in [2.75, 3.05) is 31.2 Å². The van der Waals surface area contributed by atoms with E-state index < -0.39 is 11.6 Å². The van der Waals surface area contributed by atoms with Gasteiger partial charge in [0.1, 0.15) is 34.8 Å². The first kappa shape index (κ1) is 22.6. The Balaban J connectivity index is 1.70. The fourth-order valence-electron chi connectivity index (χ4n) is 4.87. The van der Waals surface area contributed by atoms with Crippen LogP contribution in [0, 0.1) is 17.6 Å². The van der Waals surface area contributed by atoms with Gasteiger partial charge in [-0.15, -0.1) is 0 Å². The summed E-state index contributed by atoms with van der Waals surface area (Å²) in [5.74, 6) is 0.358. The van der Waals surface area contributed by atoms with E-state index in [1.54, 1.807) is 12.3 Å². The average molecular weight is 490 g/mol.